The van der Waals surface area contributed by atoms with Gasteiger partial charge in [-0.25, -0.2) is 0 Å². The summed E-state index contributed by atoms with van der Waals surface area (Å²) in [5.74, 6) is 0.889. The van der Waals surface area contributed by atoms with Crippen molar-refractivity contribution in [2.24, 2.45) is 0 Å². The zero-order valence-corrected chi connectivity index (χ0v) is 6.89. The van der Waals surface area contributed by atoms with E-state index >= 15 is 0 Å². The number of aryl methyl sites for hydroxylation is 1. The highest BCUT2D eigenvalue weighted by Gasteiger charge is 2.06. The highest BCUT2D eigenvalue weighted by Crippen LogP contribution is 2.26. The molecule has 0 aliphatic carbocycles. The molecular formula is C8H7NOS. The fourth-order valence-corrected chi connectivity index (χ4v) is 1.70. The van der Waals surface area contributed by atoms with E-state index in [0.29, 0.717) is 0 Å². The number of nitrogens with zero attached hydrogens (tertiary/aromatic N) is 1. The second-order valence-electron chi connectivity index (χ2n) is 2.32. The van der Waals surface area contributed by atoms with Crippen LogP contribution < -0.4 is 0 Å². The number of hydrogen-bond donors (Lipinski definition) is 0. The van der Waals surface area contributed by atoms with Crippen LogP contribution in [0.4, 0.5) is 0 Å². The van der Waals surface area contributed by atoms with Crippen molar-refractivity contribution in [2.45, 2.75) is 6.92 Å². The first-order chi connectivity index (χ1) is 5.38. The molecule has 3 heteroatoms. The van der Waals surface area contributed by atoms with Gasteiger partial charge in [-0.05, 0) is 18.4 Å². The Labute approximate surface area is 68.5 Å². The molecule has 0 bridgehead atoms. The van der Waals surface area contributed by atoms with Crippen molar-refractivity contribution in [2.75, 3.05) is 0 Å². The summed E-state index contributed by atoms with van der Waals surface area (Å²) in [6.45, 7) is 1.99. The van der Waals surface area contributed by atoms with E-state index in [1.807, 2.05) is 24.4 Å². The zero-order valence-electron chi connectivity index (χ0n) is 6.07. The molecule has 0 aromatic carbocycles. The van der Waals surface area contributed by atoms with Crippen molar-refractivity contribution >= 4 is 11.3 Å². The lowest BCUT2D eigenvalue weighted by Crippen LogP contribution is -1.68. The second kappa shape index (κ2) is 2.51. The van der Waals surface area contributed by atoms with Gasteiger partial charge in [0.15, 0.2) is 5.76 Å². The lowest BCUT2D eigenvalue weighted by atomic mass is 10.2. The predicted octanol–water partition coefficient (Wildman–Crippen LogP) is 2.71. The van der Waals surface area contributed by atoms with Crippen LogP contribution in [0.1, 0.15) is 5.56 Å². The Hall–Kier alpha value is -1.09. The standard InChI is InChI=1S/C8H7NOS/c1-6-5-9-10-8(6)7-3-2-4-11-7/h2-5H,1H3. The first-order valence-electron chi connectivity index (χ1n) is 3.33. The van der Waals surface area contributed by atoms with E-state index in [1.54, 1.807) is 17.5 Å². The Balaban J connectivity index is 2.53. The normalized spacial score (nSPS) is 10.3. The van der Waals surface area contributed by atoms with E-state index in [2.05, 4.69) is 5.16 Å². The molecule has 0 fully saturated rings. The molecule has 0 atom stereocenters. The number of hydrogen-bond acceptors (Lipinski definition) is 3. The van der Waals surface area contributed by atoms with Crippen LogP contribution in [-0.4, -0.2) is 5.16 Å². The molecule has 0 aliphatic rings. The van der Waals surface area contributed by atoms with Crippen LogP contribution in [-0.2, 0) is 0 Å². The van der Waals surface area contributed by atoms with E-state index in [4.69, 9.17) is 4.52 Å². The summed E-state index contributed by atoms with van der Waals surface area (Å²) in [4.78, 5) is 1.14. The third-order valence-electron chi connectivity index (χ3n) is 1.49. The summed E-state index contributed by atoms with van der Waals surface area (Å²) in [6.07, 6.45) is 1.73. The number of rotatable bonds is 1. The maximum absolute atomic E-state index is 5.07. The molecule has 0 aliphatic heterocycles. The molecule has 2 nitrogen and oxygen atoms in total. The minimum atomic E-state index is 0.889. The molecule has 0 amide bonds. The molecule has 2 aromatic rings. The maximum atomic E-state index is 5.07. The Morgan fingerprint density at radius 3 is 3.00 bits per heavy atom. The van der Waals surface area contributed by atoms with Crippen LogP contribution in [0, 0.1) is 6.92 Å². The molecule has 0 saturated heterocycles. The Morgan fingerprint density at radius 1 is 1.55 bits per heavy atom. The summed E-state index contributed by atoms with van der Waals surface area (Å²) in [6, 6.07) is 4.03. The number of aromatic nitrogens is 1. The summed E-state index contributed by atoms with van der Waals surface area (Å²) in [5, 5.41) is 5.73. The van der Waals surface area contributed by atoms with Crippen molar-refractivity contribution in [1.82, 2.24) is 5.16 Å². The molecule has 2 heterocycles. The van der Waals surface area contributed by atoms with E-state index in [0.717, 1.165) is 16.2 Å². The summed E-state index contributed by atoms with van der Waals surface area (Å²) in [7, 11) is 0. The van der Waals surface area contributed by atoms with Gasteiger partial charge in [0.25, 0.3) is 0 Å². The summed E-state index contributed by atoms with van der Waals surface area (Å²) < 4.78 is 5.07. The van der Waals surface area contributed by atoms with Crippen LogP contribution in [0.15, 0.2) is 28.2 Å². The van der Waals surface area contributed by atoms with Gasteiger partial charge in [-0.2, -0.15) is 0 Å². The predicted molar refractivity (Wildman–Crippen MR) is 44.6 cm³/mol. The summed E-state index contributed by atoms with van der Waals surface area (Å²) in [5.41, 5.74) is 1.09. The van der Waals surface area contributed by atoms with Gasteiger partial charge in [-0.15, -0.1) is 11.3 Å². The SMILES string of the molecule is Cc1cnoc1-c1cccs1. The Bertz CT molecular complexity index is 337. The lowest BCUT2D eigenvalue weighted by molar-refractivity contribution is 0.432. The van der Waals surface area contributed by atoms with Crippen LogP contribution in [0.25, 0.3) is 10.6 Å². The molecule has 2 aromatic heterocycles. The van der Waals surface area contributed by atoms with Crippen molar-refractivity contribution in [3.63, 3.8) is 0 Å². The van der Waals surface area contributed by atoms with Crippen LogP contribution in [0.5, 0.6) is 0 Å². The van der Waals surface area contributed by atoms with Gasteiger partial charge in [0.2, 0.25) is 0 Å². The molecular weight excluding hydrogens is 158 g/mol. The van der Waals surface area contributed by atoms with Crippen molar-refractivity contribution in [3.8, 4) is 10.6 Å². The quantitative estimate of drug-likeness (QED) is 0.649. The average Bonchev–Trinajstić information content (AvgIpc) is 2.55. The Kier molecular flexibility index (Phi) is 1.51. The van der Waals surface area contributed by atoms with E-state index in [1.165, 1.54) is 0 Å². The minimum absolute atomic E-state index is 0.889. The molecule has 11 heavy (non-hydrogen) atoms. The van der Waals surface area contributed by atoms with E-state index in [-0.39, 0.29) is 0 Å². The first kappa shape index (κ1) is 6.61. The van der Waals surface area contributed by atoms with E-state index < -0.39 is 0 Å². The third kappa shape index (κ3) is 1.07. The van der Waals surface area contributed by atoms with E-state index in [9.17, 15) is 0 Å². The maximum Gasteiger partial charge on any atom is 0.179 e. The van der Waals surface area contributed by atoms with Gasteiger partial charge in [-0.1, -0.05) is 11.2 Å². The fraction of sp³-hybridized carbons (Fsp3) is 0.125. The van der Waals surface area contributed by atoms with Crippen molar-refractivity contribution < 1.29 is 4.52 Å². The second-order valence-corrected chi connectivity index (χ2v) is 3.26. The monoisotopic (exact) mass is 165 g/mol. The Morgan fingerprint density at radius 2 is 2.45 bits per heavy atom. The molecule has 2 rings (SSSR count). The van der Waals surface area contributed by atoms with Gasteiger partial charge < -0.3 is 4.52 Å². The average molecular weight is 165 g/mol. The largest absolute Gasteiger partial charge is 0.355 e. The minimum Gasteiger partial charge on any atom is -0.355 e. The summed E-state index contributed by atoms with van der Waals surface area (Å²) >= 11 is 1.66. The van der Waals surface area contributed by atoms with Crippen molar-refractivity contribution in [1.29, 1.82) is 0 Å². The van der Waals surface area contributed by atoms with Gasteiger partial charge in [-0.3, -0.25) is 0 Å². The first-order valence-corrected chi connectivity index (χ1v) is 4.21. The van der Waals surface area contributed by atoms with Gasteiger partial charge >= 0.3 is 0 Å². The van der Waals surface area contributed by atoms with Crippen LogP contribution in [0.2, 0.25) is 0 Å². The fourth-order valence-electron chi connectivity index (χ4n) is 0.936. The molecule has 0 spiro atoms. The molecule has 0 N–H and O–H groups in total. The topological polar surface area (TPSA) is 26.0 Å². The number of thiophene rings is 1. The molecule has 0 saturated carbocycles. The third-order valence-corrected chi connectivity index (χ3v) is 2.36. The van der Waals surface area contributed by atoms with Gasteiger partial charge in [0.1, 0.15) is 0 Å². The highest BCUT2D eigenvalue weighted by atomic mass is 32.1. The lowest BCUT2D eigenvalue weighted by Gasteiger charge is -1.87. The van der Waals surface area contributed by atoms with Crippen molar-refractivity contribution in [3.05, 3.63) is 29.3 Å². The molecule has 56 valence electrons. The van der Waals surface area contributed by atoms with Crippen LogP contribution >= 0.6 is 11.3 Å². The highest BCUT2D eigenvalue weighted by molar-refractivity contribution is 7.13. The molecule has 0 unspecified atom stereocenters. The van der Waals surface area contributed by atoms with Gasteiger partial charge in [0.05, 0.1) is 11.1 Å². The van der Waals surface area contributed by atoms with Gasteiger partial charge in [0, 0.05) is 5.56 Å². The van der Waals surface area contributed by atoms with Crippen LogP contribution in [0.3, 0.4) is 0 Å². The smallest absolute Gasteiger partial charge is 0.179 e. The molecule has 0 radical (unpaired) electrons. The zero-order chi connectivity index (χ0) is 7.68.